The zero-order valence-corrected chi connectivity index (χ0v) is 13.0. The van der Waals surface area contributed by atoms with Crippen molar-refractivity contribution < 1.29 is 9.53 Å². The minimum absolute atomic E-state index is 0.150. The van der Waals surface area contributed by atoms with Crippen molar-refractivity contribution in [3.8, 4) is 0 Å². The molecule has 1 rings (SSSR count). The Morgan fingerprint density at radius 1 is 1.32 bits per heavy atom. The molecule has 5 heteroatoms. The van der Waals surface area contributed by atoms with E-state index in [2.05, 4.69) is 36.0 Å². The molecule has 0 spiro atoms. The van der Waals surface area contributed by atoms with Crippen LogP contribution in [-0.4, -0.2) is 73.7 Å². The fourth-order valence-electron chi connectivity index (χ4n) is 2.55. The third kappa shape index (κ3) is 5.09. The minimum atomic E-state index is -0.625. The van der Waals surface area contributed by atoms with E-state index in [0.717, 1.165) is 26.2 Å². The van der Waals surface area contributed by atoms with Gasteiger partial charge >= 0.3 is 5.97 Å². The van der Waals surface area contributed by atoms with Gasteiger partial charge in [0.25, 0.3) is 0 Å². The SMILES string of the molecule is CCOC(=O)C(C)(CN1CCN(C)CC1)NC(C)C. The van der Waals surface area contributed by atoms with Gasteiger partial charge in [-0.2, -0.15) is 0 Å². The molecule has 0 radical (unpaired) electrons. The molecule has 1 heterocycles. The molecule has 0 aliphatic carbocycles. The van der Waals surface area contributed by atoms with Gasteiger partial charge in [-0.25, -0.2) is 0 Å². The highest BCUT2D eigenvalue weighted by Gasteiger charge is 2.37. The van der Waals surface area contributed by atoms with Crippen molar-refractivity contribution in [2.45, 2.75) is 39.3 Å². The van der Waals surface area contributed by atoms with Crippen LogP contribution in [0, 0.1) is 0 Å². The zero-order valence-electron chi connectivity index (χ0n) is 13.0. The summed E-state index contributed by atoms with van der Waals surface area (Å²) in [5, 5.41) is 3.37. The van der Waals surface area contributed by atoms with Gasteiger partial charge in [-0.1, -0.05) is 0 Å². The molecule has 1 aliphatic rings. The van der Waals surface area contributed by atoms with Crippen LogP contribution in [0.5, 0.6) is 0 Å². The van der Waals surface area contributed by atoms with Crippen LogP contribution in [0.25, 0.3) is 0 Å². The molecule has 0 amide bonds. The Labute approximate surface area is 117 Å². The van der Waals surface area contributed by atoms with Gasteiger partial charge in [0, 0.05) is 38.8 Å². The number of esters is 1. The Kier molecular flexibility index (Phi) is 6.23. The van der Waals surface area contributed by atoms with Crippen LogP contribution in [0.3, 0.4) is 0 Å². The Balaban J connectivity index is 2.65. The van der Waals surface area contributed by atoms with Gasteiger partial charge < -0.3 is 9.64 Å². The lowest BCUT2D eigenvalue weighted by Crippen LogP contribution is -2.61. The van der Waals surface area contributed by atoms with Crippen LogP contribution in [0.4, 0.5) is 0 Å². The molecule has 112 valence electrons. The standard InChI is InChI=1S/C14H29N3O2/c1-6-19-13(18)14(4,15-12(2)3)11-17-9-7-16(5)8-10-17/h12,15H,6-11H2,1-5H3. The average molecular weight is 271 g/mol. The van der Waals surface area contributed by atoms with Crippen LogP contribution in [0.2, 0.25) is 0 Å². The minimum Gasteiger partial charge on any atom is -0.465 e. The summed E-state index contributed by atoms with van der Waals surface area (Å²) in [6.07, 6.45) is 0. The van der Waals surface area contributed by atoms with Crippen LogP contribution in [-0.2, 0) is 9.53 Å². The van der Waals surface area contributed by atoms with Gasteiger partial charge in [0.05, 0.1) is 6.61 Å². The quantitative estimate of drug-likeness (QED) is 0.715. The van der Waals surface area contributed by atoms with Crippen molar-refractivity contribution in [3.05, 3.63) is 0 Å². The highest BCUT2D eigenvalue weighted by atomic mass is 16.5. The van der Waals surface area contributed by atoms with Gasteiger partial charge in [-0.05, 0) is 34.7 Å². The summed E-state index contributed by atoms with van der Waals surface area (Å²) < 4.78 is 5.23. The predicted octanol–water partition coefficient (Wildman–Crippen LogP) is 0.554. The third-order valence-electron chi connectivity index (χ3n) is 3.47. The second kappa shape index (κ2) is 7.22. The van der Waals surface area contributed by atoms with Gasteiger partial charge in [-0.15, -0.1) is 0 Å². The Morgan fingerprint density at radius 3 is 2.37 bits per heavy atom. The van der Waals surface area contributed by atoms with E-state index >= 15 is 0 Å². The summed E-state index contributed by atoms with van der Waals surface area (Å²) in [6, 6.07) is 0.252. The molecule has 1 atom stereocenters. The summed E-state index contributed by atoms with van der Waals surface area (Å²) in [5.41, 5.74) is -0.625. The molecule has 1 fully saturated rings. The molecule has 0 aromatic rings. The van der Waals surface area contributed by atoms with E-state index in [1.807, 2.05) is 13.8 Å². The Bertz CT molecular complexity index is 288. The highest BCUT2D eigenvalue weighted by Crippen LogP contribution is 2.13. The summed E-state index contributed by atoms with van der Waals surface area (Å²) in [4.78, 5) is 16.9. The first-order valence-corrected chi connectivity index (χ1v) is 7.23. The lowest BCUT2D eigenvalue weighted by atomic mass is 10.00. The first kappa shape index (κ1) is 16.4. The van der Waals surface area contributed by atoms with E-state index in [1.54, 1.807) is 0 Å². The average Bonchev–Trinajstić information content (AvgIpc) is 2.31. The maximum absolute atomic E-state index is 12.2. The van der Waals surface area contributed by atoms with Gasteiger partial charge in [0.15, 0.2) is 0 Å². The number of nitrogens with one attached hydrogen (secondary N) is 1. The van der Waals surface area contributed by atoms with Gasteiger partial charge in [0.1, 0.15) is 5.54 Å². The summed E-state index contributed by atoms with van der Waals surface area (Å²) in [7, 11) is 2.13. The smallest absolute Gasteiger partial charge is 0.327 e. The lowest BCUT2D eigenvalue weighted by Gasteiger charge is -2.39. The van der Waals surface area contributed by atoms with Crippen molar-refractivity contribution in [1.82, 2.24) is 15.1 Å². The topological polar surface area (TPSA) is 44.8 Å². The molecular formula is C14H29N3O2. The van der Waals surface area contributed by atoms with Gasteiger partial charge in [-0.3, -0.25) is 15.0 Å². The monoisotopic (exact) mass is 271 g/mol. The fraction of sp³-hybridized carbons (Fsp3) is 0.929. The summed E-state index contributed by atoms with van der Waals surface area (Å²) in [6.45, 7) is 13.2. The van der Waals surface area contributed by atoms with E-state index in [0.29, 0.717) is 13.2 Å². The van der Waals surface area contributed by atoms with Crippen LogP contribution < -0.4 is 5.32 Å². The number of nitrogens with zero attached hydrogens (tertiary/aromatic N) is 2. The maximum Gasteiger partial charge on any atom is 0.327 e. The zero-order chi connectivity index (χ0) is 14.5. The third-order valence-corrected chi connectivity index (χ3v) is 3.47. The molecule has 0 aromatic heterocycles. The lowest BCUT2D eigenvalue weighted by molar-refractivity contribution is -0.152. The molecule has 0 aromatic carbocycles. The number of hydrogen-bond donors (Lipinski definition) is 1. The number of likely N-dealkylation sites (N-methyl/N-ethyl adjacent to an activating group) is 1. The van der Waals surface area contributed by atoms with Crippen molar-refractivity contribution in [3.63, 3.8) is 0 Å². The van der Waals surface area contributed by atoms with E-state index in [4.69, 9.17) is 4.74 Å². The summed E-state index contributed by atoms with van der Waals surface area (Å²) >= 11 is 0. The number of hydrogen-bond acceptors (Lipinski definition) is 5. The second-order valence-corrected chi connectivity index (χ2v) is 5.93. The Hall–Kier alpha value is -0.650. The number of piperazine rings is 1. The second-order valence-electron chi connectivity index (χ2n) is 5.93. The van der Waals surface area contributed by atoms with Crippen molar-refractivity contribution >= 4 is 5.97 Å². The maximum atomic E-state index is 12.2. The van der Waals surface area contributed by atoms with E-state index < -0.39 is 5.54 Å². The molecule has 1 saturated heterocycles. The van der Waals surface area contributed by atoms with Crippen molar-refractivity contribution in [2.24, 2.45) is 0 Å². The van der Waals surface area contributed by atoms with E-state index in [1.165, 1.54) is 0 Å². The fourth-order valence-corrected chi connectivity index (χ4v) is 2.55. The molecule has 1 aliphatic heterocycles. The molecule has 1 N–H and O–H groups in total. The molecule has 0 saturated carbocycles. The number of rotatable bonds is 6. The molecule has 0 bridgehead atoms. The number of ether oxygens (including phenoxy) is 1. The first-order valence-electron chi connectivity index (χ1n) is 7.23. The van der Waals surface area contributed by atoms with E-state index in [9.17, 15) is 4.79 Å². The largest absolute Gasteiger partial charge is 0.465 e. The van der Waals surface area contributed by atoms with Crippen LogP contribution in [0.1, 0.15) is 27.7 Å². The van der Waals surface area contributed by atoms with Crippen molar-refractivity contribution in [1.29, 1.82) is 0 Å². The summed E-state index contributed by atoms with van der Waals surface area (Å²) in [5.74, 6) is -0.150. The molecular weight excluding hydrogens is 242 g/mol. The molecule has 1 unspecified atom stereocenters. The predicted molar refractivity (Wildman–Crippen MR) is 77.2 cm³/mol. The van der Waals surface area contributed by atoms with Crippen LogP contribution >= 0.6 is 0 Å². The molecule has 19 heavy (non-hydrogen) atoms. The first-order chi connectivity index (χ1) is 8.87. The van der Waals surface area contributed by atoms with E-state index in [-0.39, 0.29) is 12.0 Å². The van der Waals surface area contributed by atoms with Crippen molar-refractivity contribution in [2.75, 3.05) is 46.4 Å². The normalized spacial score (nSPS) is 21.4. The number of carbonyl (C=O) groups excluding carboxylic acids is 1. The Morgan fingerprint density at radius 2 is 1.89 bits per heavy atom. The van der Waals surface area contributed by atoms with Crippen LogP contribution in [0.15, 0.2) is 0 Å². The number of carbonyl (C=O) groups is 1. The van der Waals surface area contributed by atoms with Gasteiger partial charge in [0.2, 0.25) is 0 Å². The molecule has 5 nitrogen and oxygen atoms in total. The highest BCUT2D eigenvalue weighted by molar-refractivity contribution is 5.80.